The molecule has 17 heavy (non-hydrogen) atoms. The highest BCUT2D eigenvalue weighted by atomic mass is 32.2. The fourth-order valence-electron chi connectivity index (χ4n) is 2.43. The first kappa shape index (κ1) is 11.9. The van der Waals surface area contributed by atoms with E-state index in [9.17, 15) is 0 Å². The molecule has 1 unspecified atom stereocenters. The molecule has 0 aliphatic carbocycles. The SMILES string of the molecule is c1ccc2c(c1)CC(CSC1CCOCC1)S2. The van der Waals surface area contributed by atoms with Crippen LogP contribution in [0.3, 0.4) is 0 Å². The van der Waals surface area contributed by atoms with Crippen LogP contribution >= 0.6 is 23.5 Å². The maximum absolute atomic E-state index is 5.40. The molecule has 2 aliphatic heterocycles. The van der Waals surface area contributed by atoms with E-state index in [2.05, 4.69) is 47.8 Å². The number of hydrogen-bond acceptors (Lipinski definition) is 3. The lowest BCUT2D eigenvalue weighted by Gasteiger charge is -2.22. The van der Waals surface area contributed by atoms with Crippen molar-refractivity contribution >= 4 is 23.5 Å². The molecule has 0 amide bonds. The molecule has 1 aromatic carbocycles. The Morgan fingerprint density at radius 1 is 1.24 bits per heavy atom. The zero-order valence-corrected chi connectivity index (χ0v) is 11.6. The molecule has 0 spiro atoms. The van der Waals surface area contributed by atoms with Gasteiger partial charge in [0.25, 0.3) is 0 Å². The summed E-state index contributed by atoms with van der Waals surface area (Å²) in [5.41, 5.74) is 1.55. The molecular weight excluding hydrogens is 248 g/mol. The smallest absolute Gasteiger partial charge is 0.0476 e. The lowest BCUT2D eigenvalue weighted by atomic mass is 10.1. The van der Waals surface area contributed by atoms with Crippen molar-refractivity contribution in [3.8, 4) is 0 Å². The van der Waals surface area contributed by atoms with Gasteiger partial charge in [0.1, 0.15) is 0 Å². The fraction of sp³-hybridized carbons (Fsp3) is 0.571. The van der Waals surface area contributed by atoms with Crippen molar-refractivity contribution in [2.45, 2.75) is 34.7 Å². The van der Waals surface area contributed by atoms with Gasteiger partial charge in [0, 0.05) is 34.4 Å². The van der Waals surface area contributed by atoms with Crippen LogP contribution in [0.5, 0.6) is 0 Å². The Bertz CT molecular complexity index is 349. The first-order valence-electron chi connectivity index (χ1n) is 6.36. The fourth-order valence-corrected chi connectivity index (χ4v) is 5.15. The highest BCUT2D eigenvalue weighted by Gasteiger charge is 2.23. The van der Waals surface area contributed by atoms with Gasteiger partial charge in [-0.3, -0.25) is 0 Å². The highest BCUT2D eigenvalue weighted by Crippen LogP contribution is 2.39. The average Bonchev–Trinajstić information content (AvgIpc) is 2.80. The van der Waals surface area contributed by atoms with E-state index in [0.29, 0.717) is 0 Å². The maximum atomic E-state index is 5.40. The van der Waals surface area contributed by atoms with Gasteiger partial charge in [-0.1, -0.05) is 18.2 Å². The Kier molecular flexibility index (Phi) is 3.99. The number of thioether (sulfide) groups is 2. The summed E-state index contributed by atoms with van der Waals surface area (Å²) >= 11 is 4.24. The van der Waals surface area contributed by atoms with Crippen molar-refractivity contribution in [2.75, 3.05) is 19.0 Å². The molecule has 3 rings (SSSR count). The molecule has 1 aromatic rings. The molecule has 0 radical (unpaired) electrons. The van der Waals surface area contributed by atoms with Gasteiger partial charge >= 0.3 is 0 Å². The van der Waals surface area contributed by atoms with Gasteiger partial charge in [-0.25, -0.2) is 0 Å². The predicted molar refractivity (Wildman–Crippen MR) is 76.1 cm³/mol. The lowest BCUT2D eigenvalue weighted by molar-refractivity contribution is 0.100. The average molecular weight is 266 g/mol. The van der Waals surface area contributed by atoms with E-state index in [0.717, 1.165) is 23.7 Å². The molecule has 2 aliphatic rings. The molecule has 0 saturated carbocycles. The zero-order chi connectivity index (χ0) is 11.5. The van der Waals surface area contributed by atoms with Crippen LogP contribution in [0.1, 0.15) is 18.4 Å². The molecule has 2 heterocycles. The number of fused-ring (bicyclic) bond motifs is 1. The second-order valence-corrected chi connectivity index (χ2v) is 7.37. The summed E-state index contributed by atoms with van der Waals surface area (Å²) in [5, 5.41) is 1.63. The molecule has 0 N–H and O–H groups in total. The van der Waals surface area contributed by atoms with E-state index in [1.165, 1.54) is 29.9 Å². The van der Waals surface area contributed by atoms with Crippen molar-refractivity contribution < 1.29 is 4.74 Å². The minimum atomic E-state index is 0.792. The van der Waals surface area contributed by atoms with E-state index < -0.39 is 0 Å². The van der Waals surface area contributed by atoms with Crippen LogP contribution in [0.2, 0.25) is 0 Å². The van der Waals surface area contributed by atoms with Crippen LogP contribution < -0.4 is 0 Å². The van der Waals surface area contributed by atoms with Crippen molar-refractivity contribution in [1.29, 1.82) is 0 Å². The van der Waals surface area contributed by atoms with E-state index in [4.69, 9.17) is 4.74 Å². The quantitative estimate of drug-likeness (QED) is 0.827. The monoisotopic (exact) mass is 266 g/mol. The first-order valence-corrected chi connectivity index (χ1v) is 8.28. The van der Waals surface area contributed by atoms with Crippen LogP contribution in [0.4, 0.5) is 0 Å². The molecule has 3 heteroatoms. The Balaban J connectivity index is 1.48. The zero-order valence-electron chi connectivity index (χ0n) is 9.93. The van der Waals surface area contributed by atoms with Crippen molar-refractivity contribution in [3.05, 3.63) is 29.8 Å². The minimum absolute atomic E-state index is 0.792. The van der Waals surface area contributed by atoms with Gasteiger partial charge in [-0.2, -0.15) is 11.8 Å². The summed E-state index contributed by atoms with van der Waals surface area (Å²) in [5.74, 6) is 1.30. The number of benzene rings is 1. The molecule has 1 fully saturated rings. The Morgan fingerprint density at radius 2 is 2.06 bits per heavy atom. The largest absolute Gasteiger partial charge is 0.381 e. The van der Waals surface area contributed by atoms with Crippen LogP contribution in [0.25, 0.3) is 0 Å². The summed E-state index contributed by atoms with van der Waals surface area (Å²) in [7, 11) is 0. The topological polar surface area (TPSA) is 9.23 Å². The van der Waals surface area contributed by atoms with Crippen molar-refractivity contribution in [2.24, 2.45) is 0 Å². The molecule has 1 saturated heterocycles. The van der Waals surface area contributed by atoms with Crippen molar-refractivity contribution in [3.63, 3.8) is 0 Å². The van der Waals surface area contributed by atoms with Gasteiger partial charge < -0.3 is 4.74 Å². The summed E-state index contributed by atoms with van der Waals surface area (Å²) in [4.78, 5) is 1.50. The summed E-state index contributed by atoms with van der Waals surface area (Å²) in [6.07, 6.45) is 3.75. The Hall–Kier alpha value is -0.120. The van der Waals surface area contributed by atoms with Crippen molar-refractivity contribution in [1.82, 2.24) is 0 Å². The van der Waals surface area contributed by atoms with Gasteiger partial charge in [0.05, 0.1) is 0 Å². The third kappa shape index (κ3) is 3.01. The summed E-state index contributed by atoms with van der Waals surface area (Å²) < 4.78 is 5.40. The normalized spacial score (nSPS) is 24.8. The standard InChI is InChI=1S/C14H18OS2/c1-2-4-14-11(3-1)9-13(17-14)10-16-12-5-7-15-8-6-12/h1-4,12-13H,5-10H2. The van der Waals surface area contributed by atoms with E-state index in [1.807, 2.05) is 0 Å². The van der Waals surface area contributed by atoms with E-state index >= 15 is 0 Å². The van der Waals surface area contributed by atoms with Crippen LogP contribution in [0.15, 0.2) is 29.2 Å². The molecule has 1 nitrogen and oxygen atoms in total. The predicted octanol–water partition coefficient (Wildman–Crippen LogP) is 3.62. The van der Waals surface area contributed by atoms with Crippen LogP contribution in [0, 0.1) is 0 Å². The van der Waals surface area contributed by atoms with Gasteiger partial charge in [0.15, 0.2) is 0 Å². The Morgan fingerprint density at radius 3 is 2.88 bits per heavy atom. The van der Waals surface area contributed by atoms with Crippen LogP contribution in [-0.2, 0) is 11.2 Å². The van der Waals surface area contributed by atoms with Gasteiger partial charge in [-0.15, -0.1) is 11.8 Å². The third-order valence-corrected chi connectivity index (χ3v) is 6.47. The van der Waals surface area contributed by atoms with Crippen LogP contribution in [-0.4, -0.2) is 29.5 Å². The molecule has 0 bridgehead atoms. The summed E-state index contributed by atoms with van der Waals surface area (Å²) in [6.45, 7) is 1.94. The van der Waals surface area contributed by atoms with E-state index in [-0.39, 0.29) is 0 Å². The third-order valence-electron chi connectivity index (χ3n) is 3.40. The molecule has 0 aromatic heterocycles. The molecular formula is C14H18OS2. The van der Waals surface area contributed by atoms with Gasteiger partial charge in [0.2, 0.25) is 0 Å². The molecule has 92 valence electrons. The number of hydrogen-bond donors (Lipinski definition) is 0. The number of rotatable bonds is 3. The maximum Gasteiger partial charge on any atom is 0.0476 e. The molecule has 1 atom stereocenters. The second kappa shape index (κ2) is 5.68. The highest BCUT2D eigenvalue weighted by molar-refractivity contribution is 8.03. The number of ether oxygens (including phenoxy) is 1. The summed E-state index contributed by atoms with van der Waals surface area (Å²) in [6, 6.07) is 8.85. The lowest BCUT2D eigenvalue weighted by Crippen LogP contribution is -2.19. The first-order chi connectivity index (χ1) is 8.42. The van der Waals surface area contributed by atoms with Gasteiger partial charge in [-0.05, 0) is 30.9 Å². The Labute approximate surface area is 112 Å². The minimum Gasteiger partial charge on any atom is -0.381 e. The van der Waals surface area contributed by atoms with E-state index in [1.54, 1.807) is 5.56 Å². The second-order valence-electron chi connectivity index (χ2n) is 4.70.